The zero-order chi connectivity index (χ0) is 25.5. The lowest BCUT2D eigenvalue weighted by Gasteiger charge is -2.15. The molecule has 0 atom stereocenters. The van der Waals surface area contributed by atoms with Crippen molar-refractivity contribution in [3.8, 4) is 17.2 Å². The number of nitrogens with zero attached hydrogens (tertiary/aromatic N) is 1. The standard InChI is InChI=1S/C23H21ClN2O7S2/c1-4-32-17-10-13(9-16(24)20(17)33-12-19(27)31-3)11-18-22(29)26(23(34)35-18)25-21(28)14-5-7-15(30-2)8-6-14/h5-11H,4,12H2,1-3H3,(H,25,28)/b18-11-. The molecule has 0 aliphatic carbocycles. The van der Waals surface area contributed by atoms with E-state index in [-0.39, 0.29) is 26.6 Å². The third-order valence-electron chi connectivity index (χ3n) is 4.55. The number of ether oxygens (including phenoxy) is 4. The maximum absolute atomic E-state index is 12.9. The summed E-state index contributed by atoms with van der Waals surface area (Å²) in [5.41, 5.74) is 3.39. The summed E-state index contributed by atoms with van der Waals surface area (Å²) in [5, 5.41) is 1.19. The molecule has 2 aromatic rings. The van der Waals surface area contributed by atoms with E-state index < -0.39 is 17.8 Å². The molecule has 1 heterocycles. The van der Waals surface area contributed by atoms with E-state index >= 15 is 0 Å². The molecule has 0 unspecified atom stereocenters. The van der Waals surface area contributed by atoms with Gasteiger partial charge in [0.1, 0.15) is 5.75 Å². The van der Waals surface area contributed by atoms with Crippen LogP contribution in [0.4, 0.5) is 0 Å². The van der Waals surface area contributed by atoms with Crippen molar-refractivity contribution in [2.45, 2.75) is 6.92 Å². The molecule has 35 heavy (non-hydrogen) atoms. The van der Waals surface area contributed by atoms with Gasteiger partial charge in [-0.15, -0.1) is 0 Å². The predicted octanol–water partition coefficient (Wildman–Crippen LogP) is 3.85. The largest absolute Gasteiger partial charge is 0.497 e. The molecular formula is C23H21ClN2O7S2. The smallest absolute Gasteiger partial charge is 0.343 e. The molecule has 12 heteroatoms. The zero-order valence-corrected chi connectivity index (χ0v) is 21.3. The number of hydrogen-bond acceptors (Lipinski definition) is 9. The number of nitrogens with one attached hydrogen (secondary N) is 1. The first-order chi connectivity index (χ1) is 16.8. The number of esters is 1. The molecular weight excluding hydrogens is 516 g/mol. The molecule has 1 aliphatic heterocycles. The van der Waals surface area contributed by atoms with Crippen molar-refractivity contribution in [1.82, 2.24) is 10.4 Å². The molecule has 184 valence electrons. The second-order valence-electron chi connectivity index (χ2n) is 6.81. The van der Waals surface area contributed by atoms with Gasteiger partial charge in [0.15, 0.2) is 22.4 Å². The molecule has 9 nitrogen and oxygen atoms in total. The van der Waals surface area contributed by atoms with Crippen LogP contribution in [0.5, 0.6) is 17.2 Å². The number of methoxy groups -OCH3 is 2. The lowest BCUT2D eigenvalue weighted by Crippen LogP contribution is -2.44. The van der Waals surface area contributed by atoms with E-state index in [1.54, 1.807) is 49.4 Å². The second kappa shape index (κ2) is 11.9. The van der Waals surface area contributed by atoms with Crippen LogP contribution < -0.4 is 19.6 Å². The fourth-order valence-electron chi connectivity index (χ4n) is 2.89. The number of carbonyl (C=O) groups is 3. The summed E-state index contributed by atoms with van der Waals surface area (Å²) in [6.45, 7) is 1.75. The maximum atomic E-state index is 12.9. The highest BCUT2D eigenvalue weighted by Crippen LogP contribution is 2.39. The van der Waals surface area contributed by atoms with Gasteiger partial charge in [-0.2, -0.15) is 5.01 Å². The van der Waals surface area contributed by atoms with Crippen LogP contribution in [0.2, 0.25) is 5.02 Å². The SMILES string of the molecule is CCOc1cc(/C=C2\SC(=S)N(NC(=O)c3ccc(OC)cc3)C2=O)cc(Cl)c1OCC(=O)OC. The summed E-state index contributed by atoms with van der Waals surface area (Å²) in [6, 6.07) is 9.59. The summed E-state index contributed by atoms with van der Waals surface area (Å²) in [5.74, 6) is -0.510. The molecule has 3 rings (SSSR count). The van der Waals surface area contributed by atoms with Gasteiger partial charge >= 0.3 is 5.97 Å². The number of halogens is 1. The molecule has 1 saturated heterocycles. The first-order valence-corrected chi connectivity index (χ1v) is 11.8. The minimum absolute atomic E-state index is 0.164. The lowest BCUT2D eigenvalue weighted by atomic mass is 10.1. The van der Waals surface area contributed by atoms with Crippen LogP contribution in [0.15, 0.2) is 41.3 Å². The molecule has 0 bridgehead atoms. The van der Waals surface area contributed by atoms with Gasteiger partial charge in [0.05, 0.1) is 30.8 Å². The van der Waals surface area contributed by atoms with E-state index in [1.165, 1.54) is 14.2 Å². The average Bonchev–Trinajstić information content (AvgIpc) is 3.10. The Labute approximate surface area is 216 Å². The first kappa shape index (κ1) is 26.3. The van der Waals surface area contributed by atoms with Crippen molar-refractivity contribution in [3.63, 3.8) is 0 Å². The average molecular weight is 537 g/mol. The highest BCUT2D eigenvalue weighted by molar-refractivity contribution is 8.26. The topological polar surface area (TPSA) is 103 Å². The van der Waals surface area contributed by atoms with Gasteiger partial charge in [0.2, 0.25) is 0 Å². The molecule has 2 aromatic carbocycles. The Morgan fingerprint density at radius 1 is 1.17 bits per heavy atom. The van der Waals surface area contributed by atoms with Crippen molar-refractivity contribution in [2.24, 2.45) is 0 Å². The van der Waals surface area contributed by atoms with Crippen LogP contribution in [0.1, 0.15) is 22.8 Å². The van der Waals surface area contributed by atoms with Crippen LogP contribution in [0.25, 0.3) is 6.08 Å². The number of amides is 2. The fourth-order valence-corrected chi connectivity index (χ4v) is 4.34. The molecule has 1 aliphatic rings. The lowest BCUT2D eigenvalue weighted by molar-refractivity contribution is -0.142. The Hall–Kier alpha value is -3.28. The summed E-state index contributed by atoms with van der Waals surface area (Å²) in [7, 11) is 2.77. The summed E-state index contributed by atoms with van der Waals surface area (Å²) < 4.78 is 20.9. The van der Waals surface area contributed by atoms with Crippen molar-refractivity contribution >= 4 is 63.8 Å². The highest BCUT2D eigenvalue weighted by Gasteiger charge is 2.34. The quantitative estimate of drug-likeness (QED) is 0.291. The minimum Gasteiger partial charge on any atom is -0.497 e. The molecule has 0 aromatic heterocycles. The summed E-state index contributed by atoms with van der Waals surface area (Å²) >= 11 is 12.7. The van der Waals surface area contributed by atoms with Gasteiger partial charge in [-0.25, -0.2) is 4.79 Å². The van der Waals surface area contributed by atoms with E-state index in [2.05, 4.69) is 10.2 Å². The number of thioether (sulfide) groups is 1. The van der Waals surface area contributed by atoms with Crippen molar-refractivity contribution < 1.29 is 33.3 Å². The fraction of sp³-hybridized carbons (Fsp3) is 0.217. The van der Waals surface area contributed by atoms with Gasteiger partial charge in [-0.3, -0.25) is 15.0 Å². The van der Waals surface area contributed by atoms with Gasteiger partial charge < -0.3 is 18.9 Å². The van der Waals surface area contributed by atoms with Crippen molar-refractivity contribution in [1.29, 1.82) is 0 Å². The van der Waals surface area contributed by atoms with Gasteiger partial charge in [0, 0.05) is 5.56 Å². The Bertz CT molecular complexity index is 1190. The van der Waals surface area contributed by atoms with Gasteiger partial charge in [-0.1, -0.05) is 23.4 Å². The Balaban J connectivity index is 1.80. The zero-order valence-electron chi connectivity index (χ0n) is 19.0. The van der Waals surface area contributed by atoms with Crippen LogP contribution in [-0.2, 0) is 14.3 Å². The molecule has 0 saturated carbocycles. The molecule has 2 amide bonds. The van der Waals surface area contributed by atoms with Crippen LogP contribution in [-0.4, -0.2) is 54.5 Å². The summed E-state index contributed by atoms with van der Waals surface area (Å²) in [6.07, 6.45) is 1.57. The molecule has 0 spiro atoms. The number of benzene rings is 2. The monoisotopic (exact) mass is 536 g/mol. The maximum Gasteiger partial charge on any atom is 0.343 e. The van der Waals surface area contributed by atoms with Crippen LogP contribution in [0, 0.1) is 0 Å². The number of hydrazine groups is 1. The van der Waals surface area contributed by atoms with Gasteiger partial charge in [-0.05, 0) is 67.2 Å². The van der Waals surface area contributed by atoms with E-state index in [4.69, 9.17) is 38.0 Å². The predicted molar refractivity (Wildman–Crippen MR) is 136 cm³/mol. The molecule has 0 radical (unpaired) electrons. The second-order valence-corrected chi connectivity index (χ2v) is 8.90. The highest BCUT2D eigenvalue weighted by atomic mass is 35.5. The third-order valence-corrected chi connectivity index (χ3v) is 6.13. The number of rotatable bonds is 9. The normalized spacial score (nSPS) is 14.2. The summed E-state index contributed by atoms with van der Waals surface area (Å²) in [4.78, 5) is 37.2. The van der Waals surface area contributed by atoms with Crippen molar-refractivity contribution in [3.05, 3.63) is 57.5 Å². The van der Waals surface area contributed by atoms with E-state index in [0.717, 1.165) is 16.8 Å². The Morgan fingerprint density at radius 2 is 1.89 bits per heavy atom. The number of hydrogen-bond donors (Lipinski definition) is 1. The first-order valence-electron chi connectivity index (χ1n) is 10.2. The Kier molecular flexibility index (Phi) is 8.96. The van der Waals surface area contributed by atoms with Crippen LogP contribution in [0.3, 0.4) is 0 Å². The molecule has 1 fully saturated rings. The van der Waals surface area contributed by atoms with E-state index in [1.807, 2.05) is 0 Å². The van der Waals surface area contributed by atoms with E-state index in [0.29, 0.717) is 29.2 Å². The van der Waals surface area contributed by atoms with E-state index in [9.17, 15) is 14.4 Å². The minimum atomic E-state index is -0.576. The van der Waals surface area contributed by atoms with Crippen molar-refractivity contribution in [2.75, 3.05) is 27.4 Å². The van der Waals surface area contributed by atoms with Gasteiger partial charge in [0.25, 0.3) is 11.8 Å². The molecule has 1 N–H and O–H groups in total. The Morgan fingerprint density at radius 3 is 2.51 bits per heavy atom. The number of carbonyl (C=O) groups excluding carboxylic acids is 3. The van der Waals surface area contributed by atoms with Crippen LogP contribution >= 0.6 is 35.6 Å². The number of thiocarbonyl (C=S) groups is 1. The third kappa shape index (κ3) is 6.44.